The van der Waals surface area contributed by atoms with Crippen LogP contribution in [0.25, 0.3) is 0 Å². The van der Waals surface area contributed by atoms with Crippen LogP contribution in [0, 0.1) is 11.8 Å². The minimum Gasteiger partial charge on any atom is -0.383 e. The predicted octanol–water partition coefficient (Wildman–Crippen LogP) is 2.14. The summed E-state index contributed by atoms with van der Waals surface area (Å²) in [5.74, 6) is 0.724. The quantitative estimate of drug-likeness (QED) is 0.862. The van der Waals surface area contributed by atoms with Crippen molar-refractivity contribution in [1.29, 1.82) is 0 Å². The summed E-state index contributed by atoms with van der Waals surface area (Å²) < 4.78 is 0. The highest BCUT2D eigenvalue weighted by Gasteiger charge is 2.33. The van der Waals surface area contributed by atoms with E-state index in [9.17, 15) is 9.90 Å². The van der Waals surface area contributed by atoms with E-state index in [1.165, 1.54) is 30.4 Å². The van der Waals surface area contributed by atoms with Gasteiger partial charge in [-0.15, -0.1) is 0 Å². The molecule has 2 atom stereocenters. The lowest BCUT2D eigenvalue weighted by Crippen LogP contribution is -2.46. The summed E-state index contributed by atoms with van der Waals surface area (Å²) in [6.45, 7) is 3.18. The summed E-state index contributed by atoms with van der Waals surface area (Å²) >= 11 is 0. The summed E-state index contributed by atoms with van der Waals surface area (Å²) in [4.78, 5) is 14.6. The van der Waals surface area contributed by atoms with Crippen molar-refractivity contribution < 1.29 is 9.90 Å². The van der Waals surface area contributed by atoms with Gasteiger partial charge in [-0.3, -0.25) is 4.79 Å². The third-order valence-corrected chi connectivity index (χ3v) is 6.24. The average molecular weight is 342 g/mol. The molecule has 1 aliphatic heterocycles. The van der Waals surface area contributed by atoms with Crippen LogP contribution < -0.4 is 5.32 Å². The normalized spacial score (nSPS) is 26.0. The SMILES string of the molecule is O=C(NC1CC1)[C@@H](O)C1CCN(C[C@@H]2CCc3ccccc3C2)CC1. The van der Waals surface area contributed by atoms with E-state index in [1.54, 1.807) is 0 Å². The zero-order valence-electron chi connectivity index (χ0n) is 15.0. The largest absolute Gasteiger partial charge is 0.383 e. The van der Waals surface area contributed by atoms with Gasteiger partial charge in [0.1, 0.15) is 6.10 Å². The molecule has 136 valence electrons. The van der Waals surface area contributed by atoms with Crippen LogP contribution in [-0.2, 0) is 17.6 Å². The highest BCUT2D eigenvalue weighted by Crippen LogP contribution is 2.28. The number of aryl methyl sites for hydroxylation is 1. The van der Waals surface area contributed by atoms with Gasteiger partial charge in [-0.05, 0) is 81.0 Å². The Morgan fingerprint density at radius 2 is 1.84 bits per heavy atom. The van der Waals surface area contributed by atoms with E-state index < -0.39 is 6.10 Å². The first kappa shape index (κ1) is 17.0. The van der Waals surface area contributed by atoms with Crippen molar-refractivity contribution in [2.45, 2.75) is 57.1 Å². The maximum Gasteiger partial charge on any atom is 0.249 e. The molecular weight excluding hydrogens is 312 g/mol. The fraction of sp³-hybridized carbons (Fsp3) is 0.667. The number of hydrogen-bond acceptors (Lipinski definition) is 3. The third-order valence-electron chi connectivity index (χ3n) is 6.24. The van der Waals surface area contributed by atoms with Crippen molar-refractivity contribution in [3.05, 3.63) is 35.4 Å². The number of piperidine rings is 1. The van der Waals surface area contributed by atoms with Gasteiger partial charge in [0.2, 0.25) is 5.91 Å². The van der Waals surface area contributed by atoms with Gasteiger partial charge in [-0.2, -0.15) is 0 Å². The average Bonchev–Trinajstić information content (AvgIpc) is 3.45. The molecule has 0 spiro atoms. The molecule has 1 saturated heterocycles. The molecule has 0 unspecified atom stereocenters. The van der Waals surface area contributed by atoms with Gasteiger partial charge >= 0.3 is 0 Å². The van der Waals surface area contributed by atoms with Crippen molar-refractivity contribution in [2.24, 2.45) is 11.8 Å². The Labute approximate surface area is 150 Å². The fourth-order valence-electron chi connectivity index (χ4n) is 4.47. The van der Waals surface area contributed by atoms with E-state index in [0.29, 0.717) is 6.04 Å². The summed E-state index contributed by atoms with van der Waals surface area (Å²) in [5, 5.41) is 13.2. The van der Waals surface area contributed by atoms with E-state index in [0.717, 1.165) is 51.2 Å². The maximum absolute atomic E-state index is 12.0. The van der Waals surface area contributed by atoms with E-state index in [1.807, 2.05) is 0 Å². The fourth-order valence-corrected chi connectivity index (χ4v) is 4.47. The molecule has 2 fully saturated rings. The molecule has 1 heterocycles. The molecule has 4 rings (SSSR count). The Bertz CT molecular complexity index is 606. The first-order chi connectivity index (χ1) is 12.2. The minimum atomic E-state index is -0.815. The molecule has 3 aliphatic rings. The highest BCUT2D eigenvalue weighted by atomic mass is 16.3. The number of rotatable bonds is 5. The standard InChI is InChI=1S/C21H30N2O2/c24-20(21(25)22-19-7-8-19)17-9-11-23(12-10-17)14-15-5-6-16-3-1-2-4-18(16)13-15/h1-4,15,17,19-20,24H,5-14H2,(H,22,25)/t15-,20+/m1/s1. The molecule has 4 heteroatoms. The minimum absolute atomic E-state index is 0.127. The molecule has 1 amide bonds. The molecule has 2 aliphatic carbocycles. The molecule has 1 saturated carbocycles. The second-order valence-electron chi connectivity index (χ2n) is 8.24. The van der Waals surface area contributed by atoms with Gasteiger partial charge in [0.05, 0.1) is 0 Å². The van der Waals surface area contributed by atoms with Gasteiger partial charge in [0.25, 0.3) is 0 Å². The van der Waals surface area contributed by atoms with Crippen molar-refractivity contribution in [2.75, 3.05) is 19.6 Å². The lowest BCUT2D eigenvalue weighted by atomic mass is 9.83. The number of nitrogens with one attached hydrogen (secondary N) is 1. The Kier molecular flexibility index (Phi) is 5.09. The summed E-state index contributed by atoms with van der Waals surface area (Å²) in [5.41, 5.74) is 3.06. The number of aliphatic hydroxyl groups excluding tert-OH is 1. The van der Waals surface area contributed by atoms with Gasteiger partial charge in [0.15, 0.2) is 0 Å². The number of benzene rings is 1. The number of carbonyl (C=O) groups is 1. The number of likely N-dealkylation sites (tertiary alicyclic amines) is 1. The Morgan fingerprint density at radius 3 is 2.56 bits per heavy atom. The molecule has 0 bridgehead atoms. The highest BCUT2D eigenvalue weighted by molar-refractivity contribution is 5.81. The second kappa shape index (κ2) is 7.46. The van der Waals surface area contributed by atoms with Crippen molar-refractivity contribution in [1.82, 2.24) is 10.2 Å². The van der Waals surface area contributed by atoms with Gasteiger partial charge < -0.3 is 15.3 Å². The number of fused-ring (bicyclic) bond motifs is 1. The Morgan fingerprint density at radius 1 is 1.12 bits per heavy atom. The molecule has 0 aromatic heterocycles. The van der Waals surface area contributed by atoms with Crippen molar-refractivity contribution >= 4 is 5.91 Å². The summed E-state index contributed by atoms with van der Waals surface area (Å²) in [6.07, 6.45) is 6.88. The number of amides is 1. The van der Waals surface area contributed by atoms with Crippen LogP contribution in [0.1, 0.15) is 43.2 Å². The number of hydrogen-bond donors (Lipinski definition) is 2. The van der Waals surface area contributed by atoms with Crippen molar-refractivity contribution in [3.63, 3.8) is 0 Å². The van der Waals surface area contributed by atoms with E-state index in [4.69, 9.17) is 0 Å². The third kappa shape index (κ3) is 4.24. The van der Waals surface area contributed by atoms with Gasteiger partial charge in [-0.1, -0.05) is 24.3 Å². The van der Waals surface area contributed by atoms with Crippen LogP contribution >= 0.6 is 0 Å². The lowest BCUT2D eigenvalue weighted by molar-refractivity contribution is -0.133. The van der Waals surface area contributed by atoms with Crippen LogP contribution in [-0.4, -0.2) is 47.7 Å². The Hall–Kier alpha value is -1.39. The smallest absolute Gasteiger partial charge is 0.249 e. The van der Waals surface area contributed by atoms with Crippen LogP contribution in [0.2, 0.25) is 0 Å². The number of nitrogens with zero attached hydrogens (tertiary/aromatic N) is 1. The molecule has 4 nitrogen and oxygen atoms in total. The van der Waals surface area contributed by atoms with E-state index >= 15 is 0 Å². The van der Waals surface area contributed by atoms with Gasteiger partial charge in [0, 0.05) is 12.6 Å². The first-order valence-electron chi connectivity index (χ1n) is 9.96. The molecule has 1 aromatic carbocycles. The molecule has 25 heavy (non-hydrogen) atoms. The van der Waals surface area contributed by atoms with E-state index in [2.05, 4.69) is 34.5 Å². The monoisotopic (exact) mass is 342 g/mol. The molecular formula is C21H30N2O2. The van der Waals surface area contributed by atoms with Crippen LogP contribution in [0.15, 0.2) is 24.3 Å². The zero-order valence-corrected chi connectivity index (χ0v) is 15.0. The molecule has 1 aromatic rings. The first-order valence-corrected chi connectivity index (χ1v) is 9.96. The number of aliphatic hydroxyl groups is 1. The van der Waals surface area contributed by atoms with Gasteiger partial charge in [-0.25, -0.2) is 0 Å². The number of carbonyl (C=O) groups excluding carboxylic acids is 1. The van der Waals surface area contributed by atoms with Crippen molar-refractivity contribution in [3.8, 4) is 0 Å². The van der Waals surface area contributed by atoms with Crippen LogP contribution in [0.4, 0.5) is 0 Å². The van der Waals surface area contributed by atoms with Crippen LogP contribution in [0.3, 0.4) is 0 Å². The molecule has 2 N–H and O–H groups in total. The second-order valence-corrected chi connectivity index (χ2v) is 8.24. The predicted molar refractivity (Wildman–Crippen MR) is 98.3 cm³/mol. The molecule has 0 radical (unpaired) electrons. The van der Waals surface area contributed by atoms with E-state index in [-0.39, 0.29) is 11.8 Å². The summed E-state index contributed by atoms with van der Waals surface area (Å²) in [7, 11) is 0. The topological polar surface area (TPSA) is 52.6 Å². The lowest BCUT2D eigenvalue weighted by Gasteiger charge is -2.36. The maximum atomic E-state index is 12.0. The Balaban J connectivity index is 1.23. The van der Waals surface area contributed by atoms with Crippen LogP contribution in [0.5, 0.6) is 0 Å². The zero-order chi connectivity index (χ0) is 17.2. The summed E-state index contributed by atoms with van der Waals surface area (Å²) in [6, 6.07) is 9.18.